The molecule has 1 aromatic carbocycles. The molecule has 0 fully saturated rings. The second-order valence-corrected chi connectivity index (χ2v) is 5.49. The summed E-state index contributed by atoms with van der Waals surface area (Å²) >= 11 is 6.03. The first kappa shape index (κ1) is 15.3. The van der Waals surface area contributed by atoms with E-state index in [2.05, 4.69) is 5.32 Å². The van der Waals surface area contributed by atoms with Crippen molar-refractivity contribution in [3.05, 3.63) is 63.0 Å². The summed E-state index contributed by atoms with van der Waals surface area (Å²) in [5, 5.41) is 3.36. The van der Waals surface area contributed by atoms with Crippen molar-refractivity contribution < 1.29 is 4.79 Å². The van der Waals surface area contributed by atoms with Gasteiger partial charge in [0.2, 0.25) is 5.91 Å². The van der Waals surface area contributed by atoms with Crippen molar-refractivity contribution in [1.29, 1.82) is 0 Å². The Morgan fingerprint density at radius 3 is 2.57 bits per heavy atom. The fraction of sp³-hybridized carbons (Fsp3) is 0.250. The molecule has 2 aromatic rings. The number of amides is 1. The minimum atomic E-state index is -0.599. The van der Waals surface area contributed by atoms with Crippen LogP contribution in [0.15, 0.2) is 41.3 Å². The zero-order valence-corrected chi connectivity index (χ0v) is 12.9. The maximum atomic E-state index is 12.2. The molecule has 5 heteroatoms. The van der Waals surface area contributed by atoms with Gasteiger partial charge in [-0.3, -0.25) is 9.59 Å². The molecule has 1 unspecified atom stereocenters. The molecule has 1 heterocycles. The monoisotopic (exact) mass is 304 g/mol. The molecular weight excluding hydrogens is 288 g/mol. The first-order chi connectivity index (χ1) is 9.88. The molecule has 4 nitrogen and oxygen atoms in total. The highest BCUT2D eigenvalue weighted by Crippen LogP contribution is 2.20. The van der Waals surface area contributed by atoms with E-state index < -0.39 is 6.04 Å². The summed E-state index contributed by atoms with van der Waals surface area (Å²) in [7, 11) is 0. The van der Waals surface area contributed by atoms with Crippen LogP contribution in [0, 0.1) is 13.8 Å². The lowest BCUT2D eigenvalue weighted by molar-refractivity contribution is -0.118. The molecular formula is C16H17ClN2O2. The summed E-state index contributed by atoms with van der Waals surface area (Å²) in [4.78, 5) is 24.1. The summed E-state index contributed by atoms with van der Waals surface area (Å²) < 4.78 is 1.40. The van der Waals surface area contributed by atoms with Gasteiger partial charge in [-0.2, -0.15) is 0 Å². The average molecular weight is 305 g/mol. The molecule has 1 aromatic heterocycles. The summed E-state index contributed by atoms with van der Waals surface area (Å²) in [6.07, 6.45) is 1.63. The van der Waals surface area contributed by atoms with E-state index >= 15 is 0 Å². The van der Waals surface area contributed by atoms with Crippen LogP contribution in [0.25, 0.3) is 0 Å². The Hall–Kier alpha value is -2.07. The van der Waals surface area contributed by atoms with Crippen molar-refractivity contribution in [2.24, 2.45) is 0 Å². The Labute approximate surface area is 128 Å². The molecule has 1 amide bonds. The third-order valence-corrected chi connectivity index (χ3v) is 3.75. The number of anilines is 1. The Morgan fingerprint density at radius 1 is 1.24 bits per heavy atom. The number of pyridine rings is 1. The second kappa shape index (κ2) is 6.14. The molecule has 2 rings (SSSR count). The highest BCUT2D eigenvalue weighted by atomic mass is 35.5. The normalized spacial score (nSPS) is 12.0. The van der Waals surface area contributed by atoms with Gasteiger partial charge in [0.25, 0.3) is 5.56 Å². The molecule has 1 atom stereocenters. The highest BCUT2D eigenvalue weighted by Gasteiger charge is 2.16. The average Bonchev–Trinajstić information content (AvgIpc) is 2.42. The van der Waals surface area contributed by atoms with Crippen molar-refractivity contribution in [3.63, 3.8) is 0 Å². The first-order valence-electron chi connectivity index (χ1n) is 6.64. The standard InChI is InChI=1S/C16H17ClN2O2/c1-10-6-7-19(15(20)8-10)12(3)16(21)18-13-5-4-11(2)14(17)9-13/h4-9,12H,1-3H3,(H,18,21). The molecule has 0 aliphatic heterocycles. The lowest BCUT2D eigenvalue weighted by Crippen LogP contribution is -2.31. The molecule has 1 N–H and O–H groups in total. The number of nitrogens with zero attached hydrogens (tertiary/aromatic N) is 1. The first-order valence-corrected chi connectivity index (χ1v) is 7.02. The van der Waals surface area contributed by atoms with Gasteiger partial charge in [-0.1, -0.05) is 17.7 Å². The van der Waals surface area contributed by atoms with Crippen LogP contribution in [0.2, 0.25) is 5.02 Å². The topological polar surface area (TPSA) is 51.1 Å². The SMILES string of the molecule is Cc1ccn(C(C)C(=O)Nc2ccc(C)c(Cl)c2)c(=O)c1. The van der Waals surface area contributed by atoms with Crippen LogP contribution in [-0.2, 0) is 4.79 Å². The maximum absolute atomic E-state index is 12.2. The van der Waals surface area contributed by atoms with Crippen molar-refractivity contribution >= 4 is 23.2 Å². The van der Waals surface area contributed by atoms with Crippen molar-refractivity contribution in [2.75, 3.05) is 5.32 Å². The number of aromatic nitrogens is 1. The van der Waals surface area contributed by atoms with Gasteiger partial charge in [0.05, 0.1) is 0 Å². The smallest absolute Gasteiger partial charge is 0.251 e. The third-order valence-electron chi connectivity index (χ3n) is 3.34. The van der Waals surface area contributed by atoms with E-state index in [1.165, 1.54) is 10.6 Å². The van der Waals surface area contributed by atoms with Crippen molar-refractivity contribution in [2.45, 2.75) is 26.8 Å². The number of hydrogen-bond donors (Lipinski definition) is 1. The third kappa shape index (κ3) is 3.52. The van der Waals surface area contributed by atoms with Gasteiger partial charge >= 0.3 is 0 Å². The minimum absolute atomic E-state index is 0.195. The van der Waals surface area contributed by atoms with Gasteiger partial charge in [-0.25, -0.2) is 0 Å². The number of carbonyl (C=O) groups is 1. The Balaban J connectivity index is 2.19. The van der Waals surface area contributed by atoms with Gasteiger partial charge in [0, 0.05) is 23.0 Å². The Bertz CT molecular complexity index is 737. The predicted octanol–water partition coefficient (Wildman–Crippen LogP) is 3.32. The van der Waals surface area contributed by atoms with E-state index in [0.29, 0.717) is 10.7 Å². The molecule has 0 saturated carbocycles. The predicted molar refractivity (Wildman–Crippen MR) is 85.0 cm³/mol. The van der Waals surface area contributed by atoms with Gasteiger partial charge in [0.1, 0.15) is 6.04 Å². The number of hydrogen-bond acceptors (Lipinski definition) is 2. The number of benzene rings is 1. The molecule has 110 valence electrons. The van der Waals surface area contributed by atoms with Crippen molar-refractivity contribution in [1.82, 2.24) is 4.57 Å². The lowest BCUT2D eigenvalue weighted by atomic mass is 10.2. The zero-order valence-electron chi connectivity index (χ0n) is 12.2. The van der Waals surface area contributed by atoms with Crippen LogP contribution in [0.4, 0.5) is 5.69 Å². The quantitative estimate of drug-likeness (QED) is 0.945. The Kier molecular flexibility index (Phi) is 4.48. The second-order valence-electron chi connectivity index (χ2n) is 5.08. The molecule has 0 aliphatic carbocycles. The maximum Gasteiger partial charge on any atom is 0.251 e. The van der Waals surface area contributed by atoms with E-state index in [4.69, 9.17) is 11.6 Å². The van der Waals surface area contributed by atoms with E-state index in [0.717, 1.165) is 11.1 Å². The summed E-state index contributed by atoms with van der Waals surface area (Å²) in [6.45, 7) is 5.41. The number of nitrogens with one attached hydrogen (secondary N) is 1. The van der Waals surface area contributed by atoms with Gasteiger partial charge in [-0.15, -0.1) is 0 Å². The van der Waals surface area contributed by atoms with Crippen LogP contribution in [0.1, 0.15) is 24.1 Å². The summed E-state index contributed by atoms with van der Waals surface area (Å²) in [5.74, 6) is -0.263. The molecule has 21 heavy (non-hydrogen) atoms. The fourth-order valence-electron chi connectivity index (χ4n) is 1.95. The zero-order chi connectivity index (χ0) is 15.6. The van der Waals surface area contributed by atoms with E-state index in [1.54, 1.807) is 31.3 Å². The number of aryl methyl sites for hydroxylation is 2. The fourth-order valence-corrected chi connectivity index (χ4v) is 2.13. The lowest BCUT2D eigenvalue weighted by Gasteiger charge is -2.15. The Morgan fingerprint density at radius 2 is 1.95 bits per heavy atom. The van der Waals surface area contributed by atoms with Crippen LogP contribution < -0.4 is 10.9 Å². The van der Waals surface area contributed by atoms with E-state index in [-0.39, 0.29) is 11.5 Å². The van der Waals surface area contributed by atoms with Crippen LogP contribution in [0.3, 0.4) is 0 Å². The van der Waals surface area contributed by atoms with Gasteiger partial charge in [-0.05, 0) is 50.1 Å². The van der Waals surface area contributed by atoms with Crippen LogP contribution in [-0.4, -0.2) is 10.5 Å². The van der Waals surface area contributed by atoms with Gasteiger partial charge < -0.3 is 9.88 Å². The largest absolute Gasteiger partial charge is 0.324 e. The molecule has 0 bridgehead atoms. The van der Waals surface area contributed by atoms with Gasteiger partial charge in [0.15, 0.2) is 0 Å². The molecule has 0 saturated heterocycles. The minimum Gasteiger partial charge on any atom is -0.324 e. The summed E-state index contributed by atoms with van der Waals surface area (Å²) in [5.41, 5.74) is 2.23. The number of carbonyl (C=O) groups excluding carboxylic acids is 1. The molecule has 0 radical (unpaired) electrons. The molecule has 0 aliphatic rings. The van der Waals surface area contributed by atoms with Crippen molar-refractivity contribution in [3.8, 4) is 0 Å². The number of rotatable bonds is 3. The van der Waals surface area contributed by atoms with Crippen LogP contribution in [0.5, 0.6) is 0 Å². The molecule has 0 spiro atoms. The summed E-state index contributed by atoms with van der Waals surface area (Å²) in [6, 6.07) is 8.02. The van der Waals surface area contributed by atoms with E-state index in [1.807, 2.05) is 19.9 Å². The van der Waals surface area contributed by atoms with Crippen LogP contribution >= 0.6 is 11.6 Å². The highest BCUT2D eigenvalue weighted by molar-refractivity contribution is 6.31. The van der Waals surface area contributed by atoms with E-state index in [9.17, 15) is 9.59 Å². The number of halogens is 1.